The molecule has 0 bridgehead atoms. The quantitative estimate of drug-likeness (QED) is 0.718. The van der Waals surface area contributed by atoms with Gasteiger partial charge in [-0.15, -0.1) is 0 Å². The highest BCUT2D eigenvalue weighted by Crippen LogP contribution is 2.54. The van der Waals surface area contributed by atoms with E-state index in [0.717, 1.165) is 16.4 Å². The van der Waals surface area contributed by atoms with Crippen molar-refractivity contribution in [2.45, 2.75) is 0 Å². The van der Waals surface area contributed by atoms with E-state index in [0.29, 0.717) is 5.02 Å². The third-order valence-electron chi connectivity index (χ3n) is 3.14. The Morgan fingerprint density at radius 1 is 0.895 bits per heavy atom. The Labute approximate surface area is 117 Å². The van der Waals surface area contributed by atoms with Crippen molar-refractivity contribution in [1.29, 1.82) is 0 Å². The monoisotopic (exact) mass is 286 g/mol. The van der Waals surface area contributed by atoms with Crippen molar-refractivity contribution in [3.63, 3.8) is 0 Å². The summed E-state index contributed by atoms with van der Waals surface area (Å²) in [5.74, 6) is 3.68. The zero-order valence-electron chi connectivity index (χ0n) is 10.2. The largest absolute Gasteiger partial charge is 0.310 e. The van der Waals surface area contributed by atoms with E-state index >= 15 is 0 Å². The van der Waals surface area contributed by atoms with Gasteiger partial charge in [0.1, 0.15) is 0 Å². The van der Waals surface area contributed by atoms with Gasteiger partial charge in [-0.3, -0.25) is 0 Å². The highest BCUT2D eigenvalue weighted by atomic mass is 35.5. The van der Waals surface area contributed by atoms with Gasteiger partial charge in [-0.1, -0.05) is 60.1 Å². The third-order valence-corrected chi connectivity index (χ3v) is 5.75. The predicted octanol–water partition coefficient (Wildman–Crippen LogP) is 4.90. The summed E-state index contributed by atoms with van der Waals surface area (Å²) in [7, 11) is -2.53. The van der Waals surface area contributed by atoms with Crippen molar-refractivity contribution in [3.05, 3.63) is 82.9 Å². The van der Waals surface area contributed by atoms with Gasteiger partial charge in [0.25, 0.3) is 0 Å². The van der Waals surface area contributed by atoms with E-state index in [-0.39, 0.29) is 0 Å². The Morgan fingerprint density at radius 2 is 1.58 bits per heavy atom. The molecule has 0 radical (unpaired) electrons. The van der Waals surface area contributed by atoms with Crippen LogP contribution in [-0.4, -0.2) is 0 Å². The van der Waals surface area contributed by atoms with E-state index in [4.69, 9.17) is 11.6 Å². The molecule has 1 aliphatic rings. The Balaban J connectivity index is 2.00. The van der Waals surface area contributed by atoms with E-state index in [1.165, 1.54) is 0 Å². The van der Waals surface area contributed by atoms with E-state index in [9.17, 15) is 4.57 Å². The van der Waals surface area contributed by atoms with Crippen LogP contribution in [0.15, 0.2) is 72.3 Å². The molecule has 1 nitrogen and oxygen atoms in total. The van der Waals surface area contributed by atoms with E-state index in [1.54, 1.807) is 0 Å². The molecule has 0 unspecified atom stereocenters. The van der Waals surface area contributed by atoms with Gasteiger partial charge in [-0.25, -0.2) is 0 Å². The zero-order valence-corrected chi connectivity index (χ0v) is 11.8. The van der Waals surface area contributed by atoms with E-state index in [2.05, 4.69) is 0 Å². The van der Waals surface area contributed by atoms with Crippen LogP contribution in [0.2, 0.25) is 5.02 Å². The predicted molar refractivity (Wildman–Crippen MR) is 82.3 cm³/mol. The molecule has 3 heteroatoms. The van der Waals surface area contributed by atoms with Crippen molar-refractivity contribution < 1.29 is 4.57 Å². The summed E-state index contributed by atoms with van der Waals surface area (Å²) in [5.41, 5.74) is 2.03. The highest BCUT2D eigenvalue weighted by Gasteiger charge is 2.23. The molecule has 0 aromatic heterocycles. The second kappa shape index (κ2) is 4.85. The average Bonchev–Trinajstić information content (AvgIpc) is 2.85. The Morgan fingerprint density at radius 3 is 2.26 bits per heavy atom. The fourth-order valence-corrected chi connectivity index (χ4v) is 4.32. The minimum Gasteiger partial charge on any atom is -0.310 e. The summed E-state index contributed by atoms with van der Waals surface area (Å²) in [6.45, 7) is 0. The molecule has 19 heavy (non-hydrogen) atoms. The van der Waals surface area contributed by atoms with Gasteiger partial charge in [0, 0.05) is 10.3 Å². The standard InChI is InChI=1S/C16H12ClOP/c17-15-8-6-13(7-9-15)14-10-11-19(18,12-14)16-4-2-1-3-5-16/h1-12H/t19-/m1/s1. The molecule has 0 amide bonds. The highest BCUT2D eigenvalue weighted by molar-refractivity contribution is 7.78. The number of allylic oxidation sites excluding steroid dienone is 2. The fourth-order valence-electron chi connectivity index (χ4n) is 2.12. The van der Waals surface area contributed by atoms with Crippen molar-refractivity contribution >= 4 is 29.6 Å². The second-order valence-corrected chi connectivity index (χ2v) is 7.38. The van der Waals surface area contributed by atoms with Gasteiger partial charge >= 0.3 is 0 Å². The first-order chi connectivity index (χ1) is 9.17. The lowest BCUT2D eigenvalue weighted by atomic mass is 10.1. The second-order valence-electron chi connectivity index (χ2n) is 4.45. The summed E-state index contributed by atoms with van der Waals surface area (Å²) in [6.07, 6.45) is 1.93. The zero-order chi connectivity index (χ0) is 13.3. The minimum absolute atomic E-state index is 0.706. The molecule has 1 heterocycles. The molecule has 0 N–H and O–H groups in total. The average molecular weight is 287 g/mol. The number of hydrogen-bond donors (Lipinski definition) is 0. The van der Waals surface area contributed by atoms with Gasteiger partial charge in [-0.2, -0.15) is 0 Å². The van der Waals surface area contributed by atoms with Crippen LogP contribution in [0.5, 0.6) is 0 Å². The van der Waals surface area contributed by atoms with Crippen LogP contribution in [0.3, 0.4) is 0 Å². The third kappa shape index (κ3) is 2.45. The molecule has 0 saturated carbocycles. The first kappa shape index (κ1) is 12.5. The van der Waals surface area contributed by atoms with Crippen LogP contribution < -0.4 is 5.30 Å². The van der Waals surface area contributed by atoms with Gasteiger partial charge in [-0.05, 0) is 34.9 Å². The fraction of sp³-hybridized carbons (Fsp3) is 0. The van der Waals surface area contributed by atoms with Crippen molar-refractivity contribution in [2.24, 2.45) is 0 Å². The smallest absolute Gasteiger partial charge is 0.157 e. The molecular formula is C16H12ClOP. The minimum atomic E-state index is -2.53. The molecule has 0 spiro atoms. The Bertz CT molecular complexity index is 699. The van der Waals surface area contributed by atoms with Crippen molar-refractivity contribution in [1.82, 2.24) is 0 Å². The molecule has 2 aromatic carbocycles. The van der Waals surface area contributed by atoms with Crippen LogP contribution in [0.25, 0.3) is 5.57 Å². The van der Waals surface area contributed by atoms with Gasteiger partial charge < -0.3 is 4.57 Å². The molecule has 2 aromatic rings. The molecule has 94 valence electrons. The van der Waals surface area contributed by atoms with Crippen LogP contribution in [0.1, 0.15) is 5.56 Å². The van der Waals surface area contributed by atoms with Crippen molar-refractivity contribution in [3.8, 4) is 0 Å². The Hall–Kier alpha value is -1.56. The molecule has 3 rings (SSSR count). The first-order valence-corrected chi connectivity index (χ1v) is 8.23. The maximum Gasteiger partial charge on any atom is 0.157 e. The van der Waals surface area contributed by atoms with E-state index in [1.807, 2.05) is 72.3 Å². The molecule has 1 atom stereocenters. The molecule has 0 saturated heterocycles. The lowest BCUT2D eigenvalue weighted by molar-refractivity contribution is 0.592. The van der Waals surface area contributed by atoms with Crippen LogP contribution in [-0.2, 0) is 4.57 Å². The van der Waals surface area contributed by atoms with Crippen LogP contribution >= 0.6 is 18.7 Å². The maximum atomic E-state index is 12.9. The first-order valence-electron chi connectivity index (χ1n) is 6.00. The summed E-state index contributed by atoms with van der Waals surface area (Å²) in [5, 5.41) is 1.58. The van der Waals surface area contributed by atoms with Gasteiger partial charge in [0.2, 0.25) is 0 Å². The summed E-state index contributed by atoms with van der Waals surface area (Å²) in [6, 6.07) is 17.2. The van der Waals surface area contributed by atoms with Crippen LogP contribution in [0.4, 0.5) is 0 Å². The topological polar surface area (TPSA) is 17.1 Å². The van der Waals surface area contributed by atoms with Crippen LogP contribution in [0, 0.1) is 0 Å². The molecule has 1 aliphatic heterocycles. The normalized spacial score (nSPS) is 21.4. The number of benzene rings is 2. The van der Waals surface area contributed by atoms with Gasteiger partial charge in [0.15, 0.2) is 7.14 Å². The number of hydrogen-bond acceptors (Lipinski definition) is 1. The SMILES string of the molecule is O=[P@]1(c2ccccc2)C=CC(c2ccc(Cl)cc2)=C1. The lowest BCUT2D eigenvalue weighted by Gasteiger charge is -2.06. The molecule has 0 fully saturated rings. The lowest BCUT2D eigenvalue weighted by Crippen LogP contribution is -1.98. The van der Waals surface area contributed by atoms with Crippen molar-refractivity contribution in [2.75, 3.05) is 0 Å². The Kier molecular flexibility index (Phi) is 3.18. The van der Waals surface area contributed by atoms with E-state index < -0.39 is 7.14 Å². The summed E-state index contributed by atoms with van der Waals surface area (Å²) >= 11 is 5.88. The maximum absolute atomic E-state index is 12.9. The molecule has 0 aliphatic carbocycles. The van der Waals surface area contributed by atoms with Gasteiger partial charge in [0.05, 0.1) is 0 Å². The number of halogens is 1. The summed E-state index contributed by atoms with van der Waals surface area (Å²) < 4.78 is 12.9. The molecular weight excluding hydrogens is 275 g/mol. The summed E-state index contributed by atoms with van der Waals surface area (Å²) in [4.78, 5) is 0. The number of rotatable bonds is 2.